The van der Waals surface area contributed by atoms with Crippen molar-refractivity contribution in [1.29, 1.82) is 0 Å². The fourth-order valence-electron chi connectivity index (χ4n) is 4.10. The van der Waals surface area contributed by atoms with E-state index in [2.05, 4.69) is 14.5 Å². The van der Waals surface area contributed by atoms with Crippen LogP contribution >= 0.6 is 11.6 Å². The molecule has 4 rings (SSSR count). The van der Waals surface area contributed by atoms with Gasteiger partial charge >= 0.3 is 0 Å². The molecule has 0 saturated carbocycles. The average Bonchev–Trinajstić information content (AvgIpc) is 2.83. The van der Waals surface area contributed by atoms with Gasteiger partial charge in [0.1, 0.15) is 17.3 Å². The Kier molecular flexibility index (Phi) is 8.09. The molecule has 0 amide bonds. The fraction of sp³-hybridized carbons (Fsp3) is 0.308. The number of sulfonamides is 1. The molecule has 1 aliphatic heterocycles. The summed E-state index contributed by atoms with van der Waals surface area (Å²) in [5, 5.41) is 0.303. The minimum absolute atomic E-state index is 0.0338. The summed E-state index contributed by atoms with van der Waals surface area (Å²) in [6, 6.07) is 17.9. The number of piperazine rings is 1. The van der Waals surface area contributed by atoms with Gasteiger partial charge in [-0.3, -0.25) is 4.90 Å². The molecule has 1 saturated heterocycles. The quantitative estimate of drug-likeness (QED) is 0.463. The van der Waals surface area contributed by atoms with Crippen molar-refractivity contribution in [1.82, 2.24) is 14.5 Å². The Morgan fingerprint density at radius 3 is 2.37 bits per heavy atom. The molecule has 9 heteroatoms. The largest absolute Gasteiger partial charge is 0.457 e. The summed E-state index contributed by atoms with van der Waals surface area (Å²) in [5.41, 5.74) is 1.40. The standard InChI is InChI=1S/C26H29ClFN3O3S/c1-19-5-3-4-6-26(19)34-21-8-10-22(11-9-21)35(32,33)29-18-25(31-15-13-30(2)14-16-31)23-12-7-20(27)17-24(23)28/h3-12,17,25,29H,13-16,18H2,1-2H3. The monoisotopic (exact) mass is 517 g/mol. The maximum atomic E-state index is 14.8. The molecule has 0 aliphatic carbocycles. The highest BCUT2D eigenvalue weighted by atomic mass is 35.5. The number of rotatable bonds is 8. The maximum absolute atomic E-state index is 14.8. The van der Waals surface area contributed by atoms with Crippen LogP contribution in [-0.4, -0.2) is 58.0 Å². The van der Waals surface area contributed by atoms with Gasteiger partial charge in [0.05, 0.1) is 10.9 Å². The van der Waals surface area contributed by atoms with Crippen molar-refractivity contribution in [3.63, 3.8) is 0 Å². The van der Waals surface area contributed by atoms with E-state index in [1.807, 2.05) is 38.2 Å². The second-order valence-electron chi connectivity index (χ2n) is 8.71. The second kappa shape index (κ2) is 11.1. The van der Waals surface area contributed by atoms with E-state index < -0.39 is 21.9 Å². The third-order valence-electron chi connectivity index (χ3n) is 6.22. The van der Waals surface area contributed by atoms with E-state index >= 15 is 0 Å². The van der Waals surface area contributed by atoms with Crippen molar-refractivity contribution in [2.45, 2.75) is 17.9 Å². The van der Waals surface area contributed by atoms with Gasteiger partial charge in [0.15, 0.2) is 0 Å². The number of nitrogens with zero attached hydrogens (tertiary/aromatic N) is 2. The molecule has 1 N–H and O–H groups in total. The van der Waals surface area contributed by atoms with Gasteiger partial charge in [-0.05, 0) is 62.0 Å². The lowest BCUT2D eigenvalue weighted by atomic mass is 10.0. The number of hydrogen-bond donors (Lipinski definition) is 1. The summed E-state index contributed by atoms with van der Waals surface area (Å²) in [6.07, 6.45) is 0. The molecule has 0 radical (unpaired) electrons. The molecule has 1 aliphatic rings. The van der Waals surface area contributed by atoms with Gasteiger partial charge < -0.3 is 9.64 Å². The lowest BCUT2D eigenvalue weighted by Gasteiger charge is -2.38. The Morgan fingerprint density at radius 1 is 1.03 bits per heavy atom. The molecular weight excluding hydrogens is 489 g/mol. The van der Waals surface area contributed by atoms with E-state index in [1.54, 1.807) is 24.3 Å². The number of nitrogens with one attached hydrogen (secondary N) is 1. The maximum Gasteiger partial charge on any atom is 0.240 e. The smallest absolute Gasteiger partial charge is 0.240 e. The summed E-state index contributed by atoms with van der Waals surface area (Å²) in [6.45, 7) is 5.03. The van der Waals surface area contributed by atoms with Gasteiger partial charge in [-0.15, -0.1) is 0 Å². The first-order chi connectivity index (χ1) is 16.7. The summed E-state index contributed by atoms with van der Waals surface area (Å²) >= 11 is 5.95. The minimum atomic E-state index is -3.82. The van der Waals surface area contributed by atoms with Gasteiger partial charge in [0, 0.05) is 43.3 Å². The Morgan fingerprint density at radius 2 is 1.71 bits per heavy atom. The van der Waals surface area contributed by atoms with E-state index in [4.69, 9.17) is 16.3 Å². The molecule has 3 aromatic carbocycles. The van der Waals surface area contributed by atoms with Crippen LogP contribution in [0.2, 0.25) is 5.02 Å². The Labute approximate surface area is 211 Å². The zero-order valence-electron chi connectivity index (χ0n) is 19.7. The van der Waals surface area contributed by atoms with Crippen molar-refractivity contribution >= 4 is 21.6 Å². The first-order valence-electron chi connectivity index (χ1n) is 11.4. The van der Waals surface area contributed by atoms with Crippen LogP contribution in [-0.2, 0) is 10.0 Å². The molecule has 1 fully saturated rings. The van der Waals surface area contributed by atoms with Crippen LogP contribution in [0.5, 0.6) is 11.5 Å². The molecule has 0 bridgehead atoms. The van der Waals surface area contributed by atoms with Crippen LogP contribution in [0.3, 0.4) is 0 Å². The normalized spacial score (nSPS) is 16.2. The third-order valence-corrected chi connectivity index (χ3v) is 7.90. The Balaban J connectivity index is 1.50. The molecular formula is C26H29ClFN3O3S. The highest BCUT2D eigenvalue weighted by Gasteiger charge is 2.28. The van der Waals surface area contributed by atoms with Crippen LogP contribution in [0.25, 0.3) is 0 Å². The molecule has 6 nitrogen and oxygen atoms in total. The highest BCUT2D eigenvalue weighted by Crippen LogP contribution is 2.28. The lowest BCUT2D eigenvalue weighted by molar-refractivity contribution is 0.111. The van der Waals surface area contributed by atoms with Crippen LogP contribution in [0.4, 0.5) is 4.39 Å². The summed E-state index contributed by atoms with van der Waals surface area (Å²) in [5.74, 6) is 0.802. The molecule has 186 valence electrons. The van der Waals surface area contributed by atoms with E-state index in [-0.39, 0.29) is 11.4 Å². The van der Waals surface area contributed by atoms with Gasteiger partial charge in [-0.25, -0.2) is 17.5 Å². The van der Waals surface area contributed by atoms with E-state index in [1.165, 1.54) is 18.2 Å². The van der Waals surface area contributed by atoms with Crippen molar-refractivity contribution in [3.8, 4) is 11.5 Å². The Bertz CT molecular complexity index is 1260. The van der Waals surface area contributed by atoms with E-state index in [0.717, 1.165) is 18.7 Å². The summed E-state index contributed by atoms with van der Waals surface area (Å²) in [4.78, 5) is 4.41. The summed E-state index contributed by atoms with van der Waals surface area (Å²) < 4.78 is 49.5. The van der Waals surface area contributed by atoms with Crippen molar-refractivity contribution in [2.75, 3.05) is 39.8 Å². The lowest BCUT2D eigenvalue weighted by Crippen LogP contribution is -2.48. The number of benzene rings is 3. The molecule has 1 unspecified atom stereocenters. The number of likely N-dealkylation sites (N-methyl/N-ethyl adjacent to an activating group) is 1. The highest BCUT2D eigenvalue weighted by molar-refractivity contribution is 7.89. The Hall–Kier alpha value is -2.49. The number of para-hydroxylation sites is 1. The van der Waals surface area contributed by atoms with Crippen LogP contribution in [0, 0.1) is 12.7 Å². The van der Waals surface area contributed by atoms with Gasteiger partial charge in [-0.1, -0.05) is 35.9 Å². The topological polar surface area (TPSA) is 61.9 Å². The first-order valence-corrected chi connectivity index (χ1v) is 13.3. The molecule has 1 atom stereocenters. The van der Waals surface area contributed by atoms with Crippen molar-refractivity contribution < 1.29 is 17.5 Å². The predicted molar refractivity (Wildman–Crippen MR) is 136 cm³/mol. The van der Waals surface area contributed by atoms with Crippen LogP contribution in [0.15, 0.2) is 71.6 Å². The molecule has 1 heterocycles. The molecule has 3 aromatic rings. The zero-order chi connectivity index (χ0) is 25.0. The number of hydrogen-bond acceptors (Lipinski definition) is 5. The number of aryl methyl sites for hydroxylation is 1. The average molecular weight is 518 g/mol. The number of halogens is 2. The number of ether oxygens (including phenoxy) is 1. The fourth-order valence-corrected chi connectivity index (χ4v) is 5.29. The van der Waals surface area contributed by atoms with E-state index in [9.17, 15) is 12.8 Å². The van der Waals surface area contributed by atoms with Crippen molar-refractivity contribution in [3.05, 3.63) is 88.7 Å². The van der Waals surface area contributed by atoms with E-state index in [0.29, 0.717) is 35.2 Å². The molecule has 0 spiro atoms. The SMILES string of the molecule is Cc1ccccc1Oc1ccc(S(=O)(=O)NCC(c2ccc(Cl)cc2F)N2CCN(C)CC2)cc1. The minimum Gasteiger partial charge on any atom is -0.457 e. The van der Waals surface area contributed by atoms with Crippen LogP contribution < -0.4 is 9.46 Å². The van der Waals surface area contributed by atoms with Crippen molar-refractivity contribution in [2.24, 2.45) is 0 Å². The zero-order valence-corrected chi connectivity index (χ0v) is 21.3. The van der Waals surface area contributed by atoms with Crippen LogP contribution in [0.1, 0.15) is 17.2 Å². The first kappa shape index (κ1) is 25.6. The second-order valence-corrected chi connectivity index (χ2v) is 10.9. The van der Waals surface area contributed by atoms with Gasteiger partial charge in [-0.2, -0.15) is 0 Å². The predicted octanol–water partition coefficient (Wildman–Crippen LogP) is 4.85. The van der Waals surface area contributed by atoms with Gasteiger partial charge in [0.2, 0.25) is 10.0 Å². The molecule has 0 aromatic heterocycles. The third kappa shape index (κ3) is 6.39. The summed E-state index contributed by atoms with van der Waals surface area (Å²) in [7, 11) is -1.79. The molecule has 35 heavy (non-hydrogen) atoms. The van der Waals surface area contributed by atoms with Gasteiger partial charge in [0.25, 0.3) is 0 Å².